The molecule has 0 saturated carbocycles. The van der Waals surface area contributed by atoms with E-state index in [4.69, 9.17) is 4.42 Å². The molecule has 3 aromatic rings. The molecule has 2 amide bonds. The summed E-state index contributed by atoms with van der Waals surface area (Å²) in [6.45, 7) is 5.48. The highest BCUT2D eigenvalue weighted by Gasteiger charge is 2.18. The second-order valence-electron chi connectivity index (χ2n) is 6.41. The summed E-state index contributed by atoms with van der Waals surface area (Å²) in [5.41, 5.74) is 2.06. The van der Waals surface area contributed by atoms with E-state index in [1.165, 1.54) is 18.3 Å². The standard InChI is InChI=1S/C19H21N3O3S/c1-11(2)19-22-14-9-13(6-7-16(14)25-19)21-18(24)10-15(20-12(3)23)17-5-4-8-26-17/h4-9,11,15H,10H2,1-3H3,(H,20,23)(H,21,24). The third-order valence-electron chi connectivity index (χ3n) is 3.84. The molecule has 26 heavy (non-hydrogen) atoms. The zero-order valence-corrected chi connectivity index (χ0v) is 15.7. The summed E-state index contributed by atoms with van der Waals surface area (Å²) in [6, 6.07) is 8.85. The quantitative estimate of drug-likeness (QED) is 0.679. The summed E-state index contributed by atoms with van der Waals surface area (Å²) in [7, 11) is 0. The van der Waals surface area contributed by atoms with E-state index < -0.39 is 0 Å². The number of benzene rings is 1. The summed E-state index contributed by atoms with van der Waals surface area (Å²) in [4.78, 5) is 29.3. The molecule has 1 atom stereocenters. The van der Waals surface area contributed by atoms with Crippen LogP contribution in [0.1, 0.15) is 49.9 Å². The number of hydrogen-bond donors (Lipinski definition) is 2. The van der Waals surface area contributed by atoms with Crippen LogP contribution in [0.25, 0.3) is 11.1 Å². The Labute approximate surface area is 155 Å². The van der Waals surface area contributed by atoms with Crippen molar-refractivity contribution in [3.05, 3.63) is 46.5 Å². The Balaban J connectivity index is 1.72. The van der Waals surface area contributed by atoms with E-state index in [0.29, 0.717) is 22.7 Å². The molecule has 0 aliphatic rings. The molecule has 0 radical (unpaired) electrons. The minimum absolute atomic E-state index is 0.161. The largest absolute Gasteiger partial charge is 0.440 e. The van der Waals surface area contributed by atoms with Gasteiger partial charge in [-0.1, -0.05) is 19.9 Å². The molecule has 3 rings (SSSR count). The van der Waals surface area contributed by atoms with Gasteiger partial charge in [-0.3, -0.25) is 9.59 Å². The molecule has 0 saturated heterocycles. The van der Waals surface area contributed by atoms with Gasteiger partial charge in [0.05, 0.1) is 12.5 Å². The Morgan fingerprint density at radius 2 is 2.08 bits per heavy atom. The normalized spacial score (nSPS) is 12.3. The smallest absolute Gasteiger partial charge is 0.226 e. The van der Waals surface area contributed by atoms with Crippen LogP contribution in [0.15, 0.2) is 40.1 Å². The predicted octanol–water partition coefficient (Wildman–Crippen LogP) is 4.22. The van der Waals surface area contributed by atoms with Crippen molar-refractivity contribution in [2.24, 2.45) is 0 Å². The molecule has 0 fully saturated rings. The zero-order valence-electron chi connectivity index (χ0n) is 14.9. The minimum atomic E-state index is -0.337. The van der Waals surface area contributed by atoms with Crippen molar-refractivity contribution in [1.82, 2.24) is 10.3 Å². The number of carbonyl (C=O) groups excluding carboxylic acids is 2. The van der Waals surface area contributed by atoms with E-state index >= 15 is 0 Å². The number of anilines is 1. The number of thiophene rings is 1. The number of amides is 2. The molecule has 1 aromatic carbocycles. The van der Waals surface area contributed by atoms with Gasteiger partial charge in [-0.25, -0.2) is 4.98 Å². The minimum Gasteiger partial charge on any atom is -0.440 e. The Bertz CT molecular complexity index is 915. The van der Waals surface area contributed by atoms with Crippen LogP contribution < -0.4 is 10.6 Å². The van der Waals surface area contributed by atoms with Crippen molar-refractivity contribution in [2.75, 3.05) is 5.32 Å². The highest BCUT2D eigenvalue weighted by molar-refractivity contribution is 7.10. The summed E-state index contributed by atoms with van der Waals surface area (Å²) in [5.74, 6) is 0.530. The van der Waals surface area contributed by atoms with Gasteiger partial charge in [-0.15, -0.1) is 11.3 Å². The van der Waals surface area contributed by atoms with Gasteiger partial charge in [0, 0.05) is 23.4 Å². The lowest BCUT2D eigenvalue weighted by Crippen LogP contribution is -2.29. The van der Waals surface area contributed by atoms with Gasteiger partial charge < -0.3 is 15.1 Å². The Hall–Kier alpha value is -2.67. The van der Waals surface area contributed by atoms with Crippen LogP contribution in [0, 0.1) is 0 Å². The van der Waals surface area contributed by atoms with Crippen molar-refractivity contribution in [1.29, 1.82) is 0 Å². The van der Waals surface area contributed by atoms with Crippen LogP contribution in [-0.4, -0.2) is 16.8 Å². The van der Waals surface area contributed by atoms with Crippen LogP contribution >= 0.6 is 11.3 Å². The fraction of sp³-hybridized carbons (Fsp3) is 0.316. The summed E-state index contributed by atoms with van der Waals surface area (Å²) in [6.07, 6.45) is 0.161. The molecule has 2 N–H and O–H groups in total. The molecular weight excluding hydrogens is 350 g/mol. The second-order valence-corrected chi connectivity index (χ2v) is 7.39. The molecule has 6 nitrogen and oxygen atoms in total. The van der Waals surface area contributed by atoms with Crippen molar-refractivity contribution < 1.29 is 14.0 Å². The first kappa shape index (κ1) is 18.1. The lowest BCUT2D eigenvalue weighted by Gasteiger charge is -2.16. The summed E-state index contributed by atoms with van der Waals surface area (Å²) < 4.78 is 5.68. The van der Waals surface area contributed by atoms with Crippen LogP contribution in [0.3, 0.4) is 0 Å². The first-order valence-corrected chi connectivity index (χ1v) is 9.31. The average molecular weight is 371 g/mol. The molecule has 0 bridgehead atoms. The first-order chi connectivity index (χ1) is 12.4. The fourth-order valence-corrected chi connectivity index (χ4v) is 3.40. The third-order valence-corrected chi connectivity index (χ3v) is 4.82. The molecule has 2 aromatic heterocycles. The number of rotatable bonds is 6. The molecule has 1 unspecified atom stereocenters. The Kier molecular flexibility index (Phi) is 5.37. The maximum atomic E-state index is 12.4. The summed E-state index contributed by atoms with van der Waals surface area (Å²) in [5, 5.41) is 7.62. The van der Waals surface area contributed by atoms with Gasteiger partial charge in [0.2, 0.25) is 11.8 Å². The number of fused-ring (bicyclic) bond motifs is 1. The van der Waals surface area contributed by atoms with Gasteiger partial charge in [0.1, 0.15) is 5.52 Å². The molecule has 0 spiro atoms. The highest BCUT2D eigenvalue weighted by Crippen LogP contribution is 2.25. The summed E-state index contributed by atoms with van der Waals surface area (Å²) >= 11 is 1.51. The number of oxazole rings is 1. The van der Waals surface area contributed by atoms with E-state index in [1.54, 1.807) is 18.2 Å². The lowest BCUT2D eigenvalue weighted by molar-refractivity contribution is -0.120. The Morgan fingerprint density at radius 1 is 1.27 bits per heavy atom. The van der Waals surface area contributed by atoms with Crippen molar-refractivity contribution in [3.8, 4) is 0 Å². The highest BCUT2D eigenvalue weighted by atomic mass is 32.1. The van der Waals surface area contributed by atoms with Crippen molar-refractivity contribution in [3.63, 3.8) is 0 Å². The SMILES string of the molecule is CC(=O)NC(CC(=O)Nc1ccc2oc(C(C)C)nc2c1)c1cccs1. The molecule has 7 heteroatoms. The monoisotopic (exact) mass is 371 g/mol. The van der Waals surface area contributed by atoms with E-state index in [2.05, 4.69) is 15.6 Å². The second kappa shape index (κ2) is 7.70. The predicted molar refractivity (Wildman–Crippen MR) is 102 cm³/mol. The van der Waals surface area contributed by atoms with Gasteiger partial charge in [-0.2, -0.15) is 0 Å². The van der Waals surface area contributed by atoms with Gasteiger partial charge in [0.25, 0.3) is 0 Å². The maximum absolute atomic E-state index is 12.4. The molecule has 2 heterocycles. The lowest BCUT2D eigenvalue weighted by atomic mass is 10.1. The van der Waals surface area contributed by atoms with Crippen LogP contribution in [0.4, 0.5) is 5.69 Å². The van der Waals surface area contributed by atoms with Gasteiger partial charge in [-0.05, 0) is 29.6 Å². The molecule has 136 valence electrons. The van der Waals surface area contributed by atoms with Gasteiger partial charge >= 0.3 is 0 Å². The van der Waals surface area contributed by atoms with E-state index in [9.17, 15) is 9.59 Å². The molecule has 0 aliphatic carbocycles. The van der Waals surface area contributed by atoms with Crippen molar-refractivity contribution >= 4 is 39.9 Å². The van der Waals surface area contributed by atoms with Crippen LogP contribution in [-0.2, 0) is 9.59 Å². The fourth-order valence-electron chi connectivity index (χ4n) is 2.63. The number of aromatic nitrogens is 1. The van der Waals surface area contributed by atoms with E-state index in [0.717, 1.165) is 4.88 Å². The van der Waals surface area contributed by atoms with Crippen molar-refractivity contribution in [2.45, 2.75) is 39.2 Å². The number of nitrogens with zero attached hydrogens (tertiary/aromatic N) is 1. The number of nitrogens with one attached hydrogen (secondary N) is 2. The topological polar surface area (TPSA) is 84.2 Å². The van der Waals surface area contributed by atoms with E-state index in [1.807, 2.05) is 31.4 Å². The molecular formula is C19H21N3O3S. The number of carbonyl (C=O) groups is 2. The van der Waals surface area contributed by atoms with Gasteiger partial charge in [0.15, 0.2) is 11.5 Å². The average Bonchev–Trinajstić information content (AvgIpc) is 3.23. The Morgan fingerprint density at radius 3 is 2.73 bits per heavy atom. The van der Waals surface area contributed by atoms with E-state index in [-0.39, 0.29) is 30.2 Å². The van der Waals surface area contributed by atoms with Crippen LogP contribution in [0.2, 0.25) is 0 Å². The van der Waals surface area contributed by atoms with Crippen LogP contribution in [0.5, 0.6) is 0 Å². The third kappa shape index (κ3) is 4.29. The number of hydrogen-bond acceptors (Lipinski definition) is 5. The first-order valence-electron chi connectivity index (χ1n) is 8.43. The zero-order chi connectivity index (χ0) is 18.7. The maximum Gasteiger partial charge on any atom is 0.226 e. The molecule has 0 aliphatic heterocycles.